The second-order valence-electron chi connectivity index (χ2n) is 6.57. The number of rotatable bonds is 6. The SMILES string of the molecule is Cc1cc(C)n(C[C@H](C)CNC(=O)c2cccc(-n3cccc3)c2)n1. The van der Waals surface area contributed by atoms with Crippen LogP contribution in [0.2, 0.25) is 0 Å². The smallest absolute Gasteiger partial charge is 0.251 e. The third-order valence-electron chi connectivity index (χ3n) is 4.21. The monoisotopic (exact) mass is 336 g/mol. The van der Waals surface area contributed by atoms with Crippen molar-refractivity contribution in [3.05, 3.63) is 71.8 Å². The highest BCUT2D eigenvalue weighted by molar-refractivity contribution is 5.94. The first-order valence-corrected chi connectivity index (χ1v) is 8.55. The van der Waals surface area contributed by atoms with Crippen LogP contribution in [0, 0.1) is 19.8 Å². The Labute approximate surface area is 148 Å². The number of aryl methyl sites for hydroxylation is 2. The summed E-state index contributed by atoms with van der Waals surface area (Å²) in [6.07, 6.45) is 3.93. The standard InChI is InChI=1S/C20H24N4O/c1-15(14-24-17(3)11-16(2)22-24)13-21-20(25)18-7-6-8-19(12-18)23-9-4-5-10-23/h4-12,15H,13-14H2,1-3H3,(H,21,25)/t15-/m1/s1. The van der Waals surface area contributed by atoms with Gasteiger partial charge in [-0.15, -0.1) is 0 Å². The van der Waals surface area contributed by atoms with Gasteiger partial charge in [-0.2, -0.15) is 5.10 Å². The molecule has 1 atom stereocenters. The topological polar surface area (TPSA) is 51.9 Å². The molecule has 0 aliphatic rings. The highest BCUT2D eigenvalue weighted by atomic mass is 16.1. The van der Waals surface area contributed by atoms with E-state index in [0.29, 0.717) is 18.0 Å². The molecule has 0 aliphatic carbocycles. The van der Waals surface area contributed by atoms with Crippen molar-refractivity contribution in [3.8, 4) is 5.69 Å². The molecule has 2 heterocycles. The molecule has 1 N–H and O–H groups in total. The van der Waals surface area contributed by atoms with Gasteiger partial charge in [0.05, 0.1) is 5.69 Å². The van der Waals surface area contributed by atoms with Crippen LogP contribution in [0.25, 0.3) is 5.69 Å². The van der Waals surface area contributed by atoms with E-state index >= 15 is 0 Å². The predicted octanol–water partition coefficient (Wildman–Crippen LogP) is 3.36. The molecule has 5 nitrogen and oxygen atoms in total. The largest absolute Gasteiger partial charge is 0.352 e. The molecule has 0 fully saturated rings. The maximum atomic E-state index is 12.5. The number of carbonyl (C=O) groups is 1. The van der Waals surface area contributed by atoms with Gasteiger partial charge in [-0.25, -0.2) is 0 Å². The van der Waals surface area contributed by atoms with E-state index in [1.165, 1.54) is 0 Å². The van der Waals surface area contributed by atoms with E-state index in [4.69, 9.17) is 0 Å². The van der Waals surface area contributed by atoms with Gasteiger partial charge in [0.1, 0.15) is 0 Å². The lowest BCUT2D eigenvalue weighted by Gasteiger charge is -2.14. The molecule has 130 valence electrons. The van der Waals surface area contributed by atoms with E-state index < -0.39 is 0 Å². The van der Waals surface area contributed by atoms with Gasteiger partial charge in [-0.3, -0.25) is 9.48 Å². The number of amides is 1. The molecule has 0 bridgehead atoms. The van der Waals surface area contributed by atoms with Crippen LogP contribution in [-0.2, 0) is 6.54 Å². The van der Waals surface area contributed by atoms with Gasteiger partial charge >= 0.3 is 0 Å². The van der Waals surface area contributed by atoms with Crippen LogP contribution < -0.4 is 5.32 Å². The summed E-state index contributed by atoms with van der Waals surface area (Å²) in [5.74, 6) is 0.254. The minimum atomic E-state index is -0.0470. The van der Waals surface area contributed by atoms with E-state index in [2.05, 4.69) is 30.3 Å². The number of nitrogens with zero attached hydrogens (tertiary/aromatic N) is 3. The quantitative estimate of drug-likeness (QED) is 0.750. The second-order valence-corrected chi connectivity index (χ2v) is 6.57. The van der Waals surface area contributed by atoms with E-state index in [1.54, 1.807) is 0 Å². The Hall–Kier alpha value is -2.82. The molecule has 3 rings (SSSR count). The fourth-order valence-electron chi connectivity index (χ4n) is 2.90. The lowest BCUT2D eigenvalue weighted by atomic mass is 10.1. The molecule has 3 aromatic rings. The van der Waals surface area contributed by atoms with Gasteiger partial charge in [-0.05, 0) is 56.2 Å². The highest BCUT2D eigenvalue weighted by Crippen LogP contribution is 2.11. The Morgan fingerprint density at radius 1 is 1.16 bits per heavy atom. The molecule has 0 saturated heterocycles. The van der Waals surface area contributed by atoms with Gasteiger partial charge in [-0.1, -0.05) is 13.0 Å². The fourth-order valence-corrected chi connectivity index (χ4v) is 2.90. The molecule has 0 saturated carbocycles. The average molecular weight is 336 g/mol. The summed E-state index contributed by atoms with van der Waals surface area (Å²) in [7, 11) is 0. The molecule has 0 unspecified atom stereocenters. The van der Waals surface area contributed by atoms with Gasteiger partial charge in [0, 0.05) is 42.4 Å². The summed E-state index contributed by atoms with van der Waals surface area (Å²) >= 11 is 0. The van der Waals surface area contributed by atoms with Crippen molar-refractivity contribution in [1.82, 2.24) is 19.7 Å². The summed E-state index contributed by atoms with van der Waals surface area (Å²) < 4.78 is 3.99. The Bertz CT molecular complexity index is 848. The molecule has 1 amide bonds. The Morgan fingerprint density at radius 2 is 1.92 bits per heavy atom. The summed E-state index contributed by atoms with van der Waals surface area (Å²) in [5.41, 5.74) is 3.82. The van der Waals surface area contributed by atoms with Crippen molar-refractivity contribution in [2.24, 2.45) is 5.92 Å². The second kappa shape index (κ2) is 7.38. The Kier molecular flexibility index (Phi) is 5.03. The molecule has 25 heavy (non-hydrogen) atoms. The number of carbonyl (C=O) groups excluding carboxylic acids is 1. The number of nitrogens with one attached hydrogen (secondary N) is 1. The van der Waals surface area contributed by atoms with Crippen LogP contribution in [-0.4, -0.2) is 26.8 Å². The van der Waals surface area contributed by atoms with Crippen molar-refractivity contribution in [2.75, 3.05) is 6.54 Å². The number of aromatic nitrogens is 3. The van der Waals surface area contributed by atoms with Crippen LogP contribution in [0.3, 0.4) is 0 Å². The maximum Gasteiger partial charge on any atom is 0.251 e. The first-order valence-electron chi connectivity index (χ1n) is 8.55. The molecule has 5 heteroatoms. The number of benzene rings is 1. The van der Waals surface area contributed by atoms with Crippen LogP contribution in [0.5, 0.6) is 0 Å². The third-order valence-corrected chi connectivity index (χ3v) is 4.21. The zero-order chi connectivity index (χ0) is 17.8. The van der Waals surface area contributed by atoms with Crippen LogP contribution >= 0.6 is 0 Å². The van der Waals surface area contributed by atoms with Gasteiger partial charge < -0.3 is 9.88 Å². The lowest BCUT2D eigenvalue weighted by Crippen LogP contribution is -2.30. The average Bonchev–Trinajstić information content (AvgIpc) is 3.23. The highest BCUT2D eigenvalue weighted by Gasteiger charge is 2.11. The van der Waals surface area contributed by atoms with E-state index in [9.17, 15) is 4.79 Å². The first kappa shape index (κ1) is 17.0. The lowest BCUT2D eigenvalue weighted by molar-refractivity contribution is 0.0946. The molecule has 0 radical (unpaired) electrons. The van der Waals surface area contributed by atoms with Gasteiger partial charge in [0.2, 0.25) is 0 Å². The Balaban J connectivity index is 1.59. The molecular weight excluding hydrogens is 312 g/mol. The normalized spacial score (nSPS) is 12.1. The number of hydrogen-bond donors (Lipinski definition) is 1. The molecular formula is C20H24N4O. The zero-order valence-electron chi connectivity index (χ0n) is 14.9. The van der Waals surface area contributed by atoms with Crippen molar-refractivity contribution in [1.29, 1.82) is 0 Å². The number of hydrogen-bond acceptors (Lipinski definition) is 2. The summed E-state index contributed by atoms with van der Waals surface area (Å²) in [6, 6.07) is 13.6. The maximum absolute atomic E-state index is 12.5. The fraction of sp³-hybridized carbons (Fsp3) is 0.300. The van der Waals surface area contributed by atoms with Crippen LogP contribution in [0.1, 0.15) is 28.7 Å². The van der Waals surface area contributed by atoms with Crippen molar-refractivity contribution >= 4 is 5.91 Å². The molecule has 2 aromatic heterocycles. The van der Waals surface area contributed by atoms with Crippen LogP contribution in [0.4, 0.5) is 0 Å². The van der Waals surface area contributed by atoms with E-state index in [1.807, 2.05) is 65.0 Å². The van der Waals surface area contributed by atoms with Crippen LogP contribution in [0.15, 0.2) is 54.9 Å². The van der Waals surface area contributed by atoms with Crippen molar-refractivity contribution < 1.29 is 4.79 Å². The van der Waals surface area contributed by atoms with E-state index in [0.717, 1.165) is 23.6 Å². The first-order chi connectivity index (χ1) is 12.0. The molecule has 0 aliphatic heterocycles. The molecule has 0 spiro atoms. The van der Waals surface area contributed by atoms with Crippen molar-refractivity contribution in [3.63, 3.8) is 0 Å². The van der Waals surface area contributed by atoms with E-state index in [-0.39, 0.29) is 5.91 Å². The Morgan fingerprint density at radius 3 is 2.60 bits per heavy atom. The summed E-state index contributed by atoms with van der Waals surface area (Å²) in [6.45, 7) is 7.58. The van der Waals surface area contributed by atoms with Gasteiger partial charge in [0.15, 0.2) is 0 Å². The minimum Gasteiger partial charge on any atom is -0.352 e. The zero-order valence-corrected chi connectivity index (χ0v) is 14.9. The van der Waals surface area contributed by atoms with Gasteiger partial charge in [0.25, 0.3) is 5.91 Å². The minimum absolute atomic E-state index is 0.0470. The summed E-state index contributed by atoms with van der Waals surface area (Å²) in [5, 5.41) is 7.51. The van der Waals surface area contributed by atoms with Crippen molar-refractivity contribution in [2.45, 2.75) is 27.3 Å². The third kappa shape index (κ3) is 4.18. The predicted molar refractivity (Wildman–Crippen MR) is 99.0 cm³/mol. The summed E-state index contributed by atoms with van der Waals surface area (Å²) in [4.78, 5) is 12.5. The molecule has 1 aromatic carbocycles.